The molecule has 0 aromatic carbocycles. The van der Waals surface area contributed by atoms with Crippen molar-refractivity contribution in [2.24, 2.45) is 0 Å². The molecule has 0 N–H and O–H groups in total. The first-order valence-corrected chi connectivity index (χ1v) is 34.2. The highest BCUT2D eigenvalue weighted by molar-refractivity contribution is 5.71. The number of unbranched alkanes of at least 4 members (excludes halogenated alkanes) is 35. The van der Waals surface area contributed by atoms with Crippen LogP contribution in [0.25, 0.3) is 0 Å². The summed E-state index contributed by atoms with van der Waals surface area (Å²) in [5.74, 6) is -0.975. The van der Waals surface area contributed by atoms with Crippen LogP contribution in [0.1, 0.15) is 335 Å². The van der Waals surface area contributed by atoms with Gasteiger partial charge < -0.3 is 14.2 Å². The van der Waals surface area contributed by atoms with Crippen LogP contribution in [-0.4, -0.2) is 37.2 Å². The number of ether oxygens (including phenoxy) is 3. The molecule has 6 nitrogen and oxygen atoms in total. The molecule has 0 bridgehead atoms. The lowest BCUT2D eigenvalue weighted by Gasteiger charge is -2.18. The van der Waals surface area contributed by atoms with Crippen LogP contribution in [0.5, 0.6) is 0 Å². The standard InChI is InChI=1S/C74H128O6/c1-4-7-10-13-16-19-22-25-27-29-31-32-33-34-35-36-37-38-39-40-41-42-44-45-47-49-52-55-58-61-64-67-73(76)79-70-71(69-78-72(75)66-63-60-57-54-51-24-21-18-15-12-9-6-3)80-74(77)68-65-62-59-56-53-50-48-46-43-30-28-26-23-20-17-14-11-8-5-2/h8,11,17,20,22,25-26,28-29,31,43,46,50,53,59,62,71H,4-7,9-10,12-16,18-19,21,23-24,27,30,32-42,44-45,47-49,51-52,54-58,60-61,63-70H2,1-3H3/b11-8-,20-17-,25-22-,28-26-,31-29-,46-43-,53-50-,62-59-. The Morgan fingerprint density at radius 2 is 0.512 bits per heavy atom. The Balaban J connectivity index is 4.25. The van der Waals surface area contributed by atoms with Gasteiger partial charge in [0.05, 0.1) is 0 Å². The molecular formula is C74H128O6. The highest BCUT2D eigenvalue weighted by Crippen LogP contribution is 2.17. The fourth-order valence-corrected chi connectivity index (χ4v) is 9.74. The van der Waals surface area contributed by atoms with Gasteiger partial charge >= 0.3 is 17.9 Å². The molecule has 0 fully saturated rings. The molecule has 0 radical (unpaired) electrons. The number of carbonyl (C=O) groups is 3. The number of esters is 3. The second-order valence-electron chi connectivity index (χ2n) is 22.7. The van der Waals surface area contributed by atoms with E-state index in [1.807, 2.05) is 6.08 Å². The van der Waals surface area contributed by atoms with Crippen LogP contribution in [0.4, 0.5) is 0 Å². The largest absolute Gasteiger partial charge is 0.462 e. The number of rotatable bonds is 62. The zero-order valence-electron chi connectivity index (χ0n) is 52.8. The van der Waals surface area contributed by atoms with E-state index in [-0.39, 0.29) is 37.5 Å². The van der Waals surface area contributed by atoms with Gasteiger partial charge in [-0.3, -0.25) is 14.4 Å². The van der Waals surface area contributed by atoms with Gasteiger partial charge in [0, 0.05) is 19.3 Å². The molecule has 0 aromatic rings. The van der Waals surface area contributed by atoms with Gasteiger partial charge in [-0.2, -0.15) is 0 Å². The van der Waals surface area contributed by atoms with Crippen LogP contribution in [0.15, 0.2) is 97.2 Å². The van der Waals surface area contributed by atoms with Gasteiger partial charge in [0.1, 0.15) is 13.2 Å². The van der Waals surface area contributed by atoms with Gasteiger partial charge in [0.25, 0.3) is 0 Å². The normalized spacial score (nSPS) is 12.7. The van der Waals surface area contributed by atoms with E-state index in [1.54, 1.807) is 0 Å². The Labute approximate surface area is 496 Å². The lowest BCUT2D eigenvalue weighted by atomic mass is 10.0. The molecule has 80 heavy (non-hydrogen) atoms. The van der Waals surface area contributed by atoms with E-state index < -0.39 is 6.10 Å². The predicted molar refractivity (Wildman–Crippen MR) is 348 cm³/mol. The molecule has 6 heteroatoms. The van der Waals surface area contributed by atoms with Crippen molar-refractivity contribution in [2.45, 2.75) is 341 Å². The number of allylic oxidation sites excluding steroid dienone is 16. The van der Waals surface area contributed by atoms with Crippen molar-refractivity contribution < 1.29 is 28.6 Å². The first kappa shape index (κ1) is 76.3. The highest BCUT2D eigenvalue weighted by atomic mass is 16.6. The Hall–Kier alpha value is -3.67. The van der Waals surface area contributed by atoms with E-state index in [4.69, 9.17) is 14.2 Å². The summed E-state index contributed by atoms with van der Waals surface area (Å²) in [6.45, 7) is 6.48. The highest BCUT2D eigenvalue weighted by Gasteiger charge is 2.19. The van der Waals surface area contributed by atoms with Crippen molar-refractivity contribution in [1.82, 2.24) is 0 Å². The molecule has 460 valence electrons. The zero-order chi connectivity index (χ0) is 57.8. The lowest BCUT2D eigenvalue weighted by molar-refractivity contribution is -0.166. The molecule has 0 spiro atoms. The molecule has 0 saturated carbocycles. The molecule has 0 saturated heterocycles. The van der Waals surface area contributed by atoms with Gasteiger partial charge in [0.2, 0.25) is 0 Å². The fraction of sp³-hybridized carbons (Fsp3) is 0.743. The van der Waals surface area contributed by atoms with Crippen molar-refractivity contribution in [3.63, 3.8) is 0 Å². The van der Waals surface area contributed by atoms with Crippen LogP contribution in [0.2, 0.25) is 0 Å². The van der Waals surface area contributed by atoms with E-state index in [2.05, 4.69) is 112 Å². The Kier molecular flexibility index (Phi) is 64.7. The molecule has 0 heterocycles. The van der Waals surface area contributed by atoms with Gasteiger partial charge in [-0.05, 0) is 89.9 Å². The topological polar surface area (TPSA) is 78.9 Å². The average Bonchev–Trinajstić information content (AvgIpc) is 3.46. The van der Waals surface area contributed by atoms with Gasteiger partial charge in [0.15, 0.2) is 6.10 Å². The quantitative estimate of drug-likeness (QED) is 0.0261. The summed E-state index contributed by atoms with van der Waals surface area (Å²) in [5.41, 5.74) is 0. The Bertz CT molecular complexity index is 1560. The van der Waals surface area contributed by atoms with Crippen molar-refractivity contribution >= 4 is 17.9 Å². The summed E-state index contributed by atoms with van der Waals surface area (Å²) in [4.78, 5) is 38.3. The van der Waals surface area contributed by atoms with Crippen molar-refractivity contribution in [3.05, 3.63) is 97.2 Å². The van der Waals surface area contributed by atoms with E-state index in [9.17, 15) is 14.4 Å². The lowest BCUT2D eigenvalue weighted by Crippen LogP contribution is -2.30. The molecule has 0 rings (SSSR count). The molecule has 0 aromatic heterocycles. The maximum atomic E-state index is 12.9. The summed E-state index contributed by atoms with van der Waals surface area (Å²) in [5, 5.41) is 0. The van der Waals surface area contributed by atoms with Crippen LogP contribution in [0.3, 0.4) is 0 Å². The second kappa shape index (κ2) is 67.8. The monoisotopic (exact) mass is 1110 g/mol. The molecule has 0 aliphatic rings. The first-order valence-electron chi connectivity index (χ1n) is 34.2. The van der Waals surface area contributed by atoms with E-state index in [0.29, 0.717) is 19.3 Å². The second-order valence-corrected chi connectivity index (χ2v) is 22.7. The van der Waals surface area contributed by atoms with Crippen molar-refractivity contribution in [1.29, 1.82) is 0 Å². The third-order valence-electron chi connectivity index (χ3n) is 14.8. The van der Waals surface area contributed by atoms with Crippen LogP contribution in [0, 0.1) is 0 Å². The summed E-state index contributed by atoms with van der Waals surface area (Å²) in [7, 11) is 0. The van der Waals surface area contributed by atoms with Crippen LogP contribution < -0.4 is 0 Å². The number of hydrogen-bond donors (Lipinski definition) is 0. The van der Waals surface area contributed by atoms with Crippen LogP contribution in [-0.2, 0) is 28.6 Å². The van der Waals surface area contributed by atoms with Gasteiger partial charge in [-0.15, -0.1) is 0 Å². The molecule has 0 aliphatic heterocycles. The van der Waals surface area contributed by atoms with E-state index >= 15 is 0 Å². The molecule has 0 amide bonds. The summed E-state index contributed by atoms with van der Waals surface area (Å²) >= 11 is 0. The van der Waals surface area contributed by atoms with Crippen LogP contribution >= 0.6 is 0 Å². The fourth-order valence-electron chi connectivity index (χ4n) is 9.74. The average molecular weight is 1110 g/mol. The summed E-state index contributed by atoms with van der Waals surface area (Å²) < 4.78 is 16.9. The minimum atomic E-state index is -0.816. The van der Waals surface area contributed by atoms with E-state index in [1.165, 1.54) is 205 Å². The first-order chi connectivity index (χ1) is 39.5. The summed E-state index contributed by atoms with van der Waals surface area (Å²) in [6, 6.07) is 0. The zero-order valence-corrected chi connectivity index (χ0v) is 52.8. The SMILES string of the molecule is CC/C=C\C/C=C\C/C=C\C/C=C\C/C=C\C/C=C\CCC(=O)OC(COC(=O)CCCCCCCCCCCCCC)COC(=O)CCCCCCCCCCCCCCCCCCCCC/C=C\C/C=C\CCCCCCC. The third kappa shape index (κ3) is 65.1. The van der Waals surface area contributed by atoms with Crippen molar-refractivity contribution in [2.75, 3.05) is 13.2 Å². The predicted octanol–water partition coefficient (Wildman–Crippen LogP) is 23.6. The minimum Gasteiger partial charge on any atom is -0.462 e. The smallest absolute Gasteiger partial charge is 0.306 e. The molecule has 0 aliphatic carbocycles. The Morgan fingerprint density at radius 3 is 0.812 bits per heavy atom. The molecular weight excluding hydrogens is 985 g/mol. The number of carbonyl (C=O) groups excluding carboxylic acids is 3. The van der Waals surface area contributed by atoms with E-state index in [0.717, 1.165) is 83.5 Å². The minimum absolute atomic E-state index is 0.104. The van der Waals surface area contributed by atoms with Gasteiger partial charge in [-0.1, -0.05) is 323 Å². The summed E-state index contributed by atoms with van der Waals surface area (Å²) in [6.07, 6.45) is 91.7. The molecule has 1 unspecified atom stereocenters. The maximum Gasteiger partial charge on any atom is 0.306 e. The Morgan fingerprint density at radius 1 is 0.263 bits per heavy atom. The van der Waals surface area contributed by atoms with Gasteiger partial charge in [-0.25, -0.2) is 0 Å². The number of hydrogen-bond acceptors (Lipinski definition) is 6. The van der Waals surface area contributed by atoms with Crippen molar-refractivity contribution in [3.8, 4) is 0 Å². The third-order valence-corrected chi connectivity index (χ3v) is 14.8. The maximum absolute atomic E-state index is 12.9. The molecule has 1 atom stereocenters.